The number of hydrogen-bond acceptors (Lipinski definition) is 9. The van der Waals surface area contributed by atoms with Crippen molar-refractivity contribution in [3.8, 4) is 0 Å². The first-order chi connectivity index (χ1) is 19.6. The number of non-ortho nitro benzene ring substituents is 1. The van der Waals surface area contributed by atoms with Crippen LogP contribution >= 0.6 is 0 Å². The van der Waals surface area contributed by atoms with E-state index in [0.29, 0.717) is 42.7 Å². The van der Waals surface area contributed by atoms with Crippen molar-refractivity contribution in [2.75, 3.05) is 45.7 Å². The highest BCUT2D eigenvalue weighted by atomic mass is 16.6. The molecule has 12 heteroatoms. The van der Waals surface area contributed by atoms with Gasteiger partial charge in [-0.25, -0.2) is 4.63 Å². The first-order valence-corrected chi connectivity index (χ1v) is 14.0. The predicted molar refractivity (Wildman–Crippen MR) is 154 cm³/mol. The number of hydrogen-bond donors (Lipinski definition) is 1. The quantitative estimate of drug-likeness (QED) is 0.291. The molecule has 4 atom stereocenters. The molecule has 3 aromatic rings. The summed E-state index contributed by atoms with van der Waals surface area (Å²) in [5.41, 5.74) is 3.26. The maximum Gasteiger partial charge on any atom is 0.300 e. The molecule has 41 heavy (non-hydrogen) atoms. The first-order valence-electron chi connectivity index (χ1n) is 14.0. The minimum Gasteiger partial charge on any atom is -0.372 e. The van der Waals surface area contributed by atoms with Crippen LogP contribution in [0.4, 0.5) is 11.4 Å². The number of likely N-dealkylation sites (N-methyl/N-ethyl adjacent to an activating group) is 1. The number of rotatable bonds is 10. The second-order valence-corrected chi connectivity index (χ2v) is 11.4. The molecule has 2 saturated heterocycles. The molecule has 12 nitrogen and oxygen atoms in total. The molecule has 2 fully saturated rings. The fourth-order valence-corrected chi connectivity index (χ4v) is 6.52. The van der Waals surface area contributed by atoms with Crippen LogP contribution in [0, 0.1) is 23.0 Å². The zero-order chi connectivity index (χ0) is 29.3. The fourth-order valence-electron chi connectivity index (χ4n) is 6.52. The lowest BCUT2D eigenvalue weighted by Crippen LogP contribution is -2.51. The van der Waals surface area contributed by atoms with Crippen molar-refractivity contribution >= 4 is 34.2 Å². The van der Waals surface area contributed by atoms with E-state index in [1.807, 2.05) is 7.05 Å². The lowest BCUT2D eigenvalue weighted by Gasteiger charge is -2.44. The Morgan fingerprint density at radius 3 is 2.59 bits per heavy atom. The number of anilines is 1. The summed E-state index contributed by atoms with van der Waals surface area (Å²) in [6, 6.07) is 12.7. The minimum absolute atomic E-state index is 0.0549. The van der Waals surface area contributed by atoms with Gasteiger partial charge in [-0.3, -0.25) is 19.7 Å². The maximum atomic E-state index is 13.1. The second kappa shape index (κ2) is 11.8. The van der Waals surface area contributed by atoms with E-state index in [1.165, 1.54) is 23.6 Å². The van der Waals surface area contributed by atoms with Gasteiger partial charge in [-0.05, 0) is 67.0 Å². The minimum atomic E-state index is -0.544. The molecule has 0 aliphatic carbocycles. The third-order valence-electron chi connectivity index (χ3n) is 8.94. The Morgan fingerprint density at radius 1 is 1.12 bits per heavy atom. The third kappa shape index (κ3) is 5.88. The Hall–Kier alpha value is -4.06. The summed E-state index contributed by atoms with van der Waals surface area (Å²) in [6.45, 7) is 2.98. The molecular weight excluding hydrogens is 526 g/mol. The van der Waals surface area contributed by atoms with Gasteiger partial charge in [0.1, 0.15) is 0 Å². The van der Waals surface area contributed by atoms with Crippen LogP contribution in [0.15, 0.2) is 41.0 Å². The lowest BCUT2D eigenvalue weighted by atomic mass is 9.75. The van der Waals surface area contributed by atoms with E-state index in [9.17, 15) is 19.7 Å². The van der Waals surface area contributed by atoms with Gasteiger partial charge in [0, 0.05) is 51.8 Å². The van der Waals surface area contributed by atoms with Crippen LogP contribution in [0.25, 0.3) is 11.0 Å². The zero-order valence-corrected chi connectivity index (χ0v) is 23.9. The first kappa shape index (κ1) is 28.5. The molecule has 4 unspecified atom stereocenters. The van der Waals surface area contributed by atoms with Gasteiger partial charge >= 0.3 is 5.69 Å². The topological polar surface area (TPSA) is 138 Å². The smallest absolute Gasteiger partial charge is 0.300 e. The molecule has 2 bridgehead atoms. The molecule has 1 N–H and O–H groups in total. The van der Waals surface area contributed by atoms with Crippen molar-refractivity contribution < 1.29 is 19.1 Å². The van der Waals surface area contributed by atoms with Crippen LogP contribution in [0.3, 0.4) is 0 Å². The van der Waals surface area contributed by atoms with Crippen molar-refractivity contribution in [1.82, 2.24) is 25.4 Å². The number of amides is 2. The highest BCUT2D eigenvalue weighted by Crippen LogP contribution is 2.46. The molecular formula is C29H37N7O5. The predicted octanol–water partition coefficient (Wildman–Crippen LogP) is 3.11. The molecule has 0 saturated carbocycles. The molecule has 0 radical (unpaired) electrons. The van der Waals surface area contributed by atoms with Gasteiger partial charge in [-0.15, -0.1) is 0 Å². The standard InChI is InChI=1S/C29H37N7O5/c1-18-5-7-19(8-6-18)21-15-20-9-10-23(35(20)4)22(21)17-34(3)27(38)16-30-26(37)13-14-33(2)24-11-12-25(36(39)40)29-28(24)31-41-32-29/h5-8,11-12,20-23H,9-10,13-17H2,1-4H3,(H,30,37). The van der Waals surface area contributed by atoms with Crippen molar-refractivity contribution in [3.63, 3.8) is 0 Å². The van der Waals surface area contributed by atoms with E-state index in [4.69, 9.17) is 4.63 Å². The largest absolute Gasteiger partial charge is 0.372 e. The van der Waals surface area contributed by atoms with E-state index < -0.39 is 4.92 Å². The molecule has 218 valence electrons. The van der Waals surface area contributed by atoms with Crippen LogP contribution in [0.1, 0.15) is 42.7 Å². The number of aromatic nitrogens is 2. The van der Waals surface area contributed by atoms with Gasteiger partial charge in [0.2, 0.25) is 17.3 Å². The van der Waals surface area contributed by atoms with Crippen molar-refractivity contribution in [2.45, 2.75) is 50.6 Å². The van der Waals surface area contributed by atoms with Gasteiger partial charge in [-0.1, -0.05) is 29.8 Å². The van der Waals surface area contributed by atoms with Crippen molar-refractivity contribution in [3.05, 3.63) is 57.6 Å². The monoisotopic (exact) mass is 563 g/mol. The summed E-state index contributed by atoms with van der Waals surface area (Å²) in [5.74, 6) is 0.339. The molecule has 5 rings (SSSR count). The zero-order valence-electron chi connectivity index (χ0n) is 23.9. The summed E-state index contributed by atoms with van der Waals surface area (Å²) in [5, 5.41) is 21.4. The number of piperidine rings is 1. The summed E-state index contributed by atoms with van der Waals surface area (Å²) >= 11 is 0. The Kier molecular flexibility index (Phi) is 8.20. The number of nitrogens with zero attached hydrogens (tertiary/aromatic N) is 6. The molecule has 2 aromatic carbocycles. The highest BCUT2D eigenvalue weighted by molar-refractivity contribution is 5.94. The molecule has 0 spiro atoms. The van der Waals surface area contributed by atoms with Crippen LogP contribution in [-0.2, 0) is 9.59 Å². The molecule has 3 heterocycles. The number of nitrogens with one attached hydrogen (secondary N) is 1. The maximum absolute atomic E-state index is 13.1. The number of fused-ring (bicyclic) bond motifs is 3. The Balaban J connectivity index is 1.15. The lowest BCUT2D eigenvalue weighted by molar-refractivity contribution is -0.383. The third-order valence-corrected chi connectivity index (χ3v) is 8.94. The Bertz CT molecular complexity index is 1420. The Labute approximate surface area is 238 Å². The second-order valence-electron chi connectivity index (χ2n) is 11.4. The van der Waals surface area contributed by atoms with E-state index in [1.54, 1.807) is 22.9 Å². The van der Waals surface area contributed by atoms with Gasteiger partial charge in [0.15, 0.2) is 5.52 Å². The van der Waals surface area contributed by atoms with Gasteiger partial charge < -0.3 is 20.0 Å². The summed E-state index contributed by atoms with van der Waals surface area (Å²) < 4.78 is 4.72. The van der Waals surface area contributed by atoms with E-state index in [0.717, 1.165) is 12.8 Å². The van der Waals surface area contributed by atoms with Gasteiger partial charge in [-0.2, -0.15) is 0 Å². The number of aryl methyl sites for hydroxylation is 1. The summed E-state index contributed by atoms with van der Waals surface area (Å²) in [4.78, 5) is 42.4. The summed E-state index contributed by atoms with van der Waals surface area (Å²) in [6.07, 6.45) is 3.56. The Morgan fingerprint density at radius 2 is 1.85 bits per heavy atom. The van der Waals surface area contributed by atoms with E-state index in [-0.39, 0.29) is 41.5 Å². The number of benzene rings is 2. The van der Waals surface area contributed by atoms with Crippen molar-refractivity contribution in [2.24, 2.45) is 5.92 Å². The number of nitro groups is 1. The van der Waals surface area contributed by atoms with Crippen LogP contribution in [-0.4, -0.2) is 89.7 Å². The fraction of sp³-hybridized carbons (Fsp3) is 0.517. The van der Waals surface area contributed by atoms with Crippen LogP contribution in [0.2, 0.25) is 0 Å². The van der Waals surface area contributed by atoms with Gasteiger partial charge in [0.25, 0.3) is 0 Å². The average molecular weight is 564 g/mol. The van der Waals surface area contributed by atoms with E-state index in [2.05, 4.69) is 58.8 Å². The number of nitro benzene ring substituents is 1. The van der Waals surface area contributed by atoms with E-state index >= 15 is 0 Å². The van der Waals surface area contributed by atoms with Crippen LogP contribution in [0.5, 0.6) is 0 Å². The molecule has 1 aromatic heterocycles. The highest BCUT2D eigenvalue weighted by Gasteiger charge is 2.46. The number of carbonyl (C=O) groups is 2. The van der Waals surface area contributed by atoms with Crippen molar-refractivity contribution in [1.29, 1.82) is 0 Å². The average Bonchev–Trinajstić information content (AvgIpc) is 3.53. The van der Waals surface area contributed by atoms with Crippen LogP contribution < -0.4 is 10.2 Å². The molecule has 2 aliphatic rings. The molecule has 2 amide bonds. The molecule has 2 aliphatic heterocycles. The van der Waals surface area contributed by atoms with Gasteiger partial charge in [0.05, 0.1) is 17.2 Å². The number of carbonyl (C=O) groups excluding carboxylic acids is 2. The summed E-state index contributed by atoms with van der Waals surface area (Å²) in [7, 11) is 5.78. The SMILES string of the molecule is Cc1ccc(C2CC3CCC(C2CN(C)C(=O)CNC(=O)CCN(C)c2ccc([N+](=O)[O-])c4nonc24)N3C)cc1. The normalized spacial score (nSPS) is 22.0.